The molecule has 9 atom stereocenters. The first kappa shape index (κ1) is 139. The first-order chi connectivity index (χ1) is 55.4. The van der Waals surface area contributed by atoms with E-state index >= 15 is 0 Å². The molecule has 0 heterocycles. The Morgan fingerprint density at radius 1 is 0.353 bits per heavy atom. The molecule has 47 nitrogen and oxygen atoms in total. The zero-order valence-electron chi connectivity index (χ0n) is 66.1. The van der Waals surface area contributed by atoms with Gasteiger partial charge in [0.15, 0.2) is 0 Å². The van der Waals surface area contributed by atoms with Crippen molar-refractivity contribution in [2.45, 2.75) is 83.0 Å². The Kier molecular flexibility index (Phi) is 133. The fraction of sp³-hybridized carbons (Fsp3) is 0.492. The molecule has 53 heteroatoms. The van der Waals surface area contributed by atoms with Crippen molar-refractivity contribution in [2.75, 3.05) is 119 Å². The van der Waals surface area contributed by atoms with Crippen LogP contribution in [0.25, 0.3) is 0 Å². The minimum atomic E-state index is -5.22. The normalized spacial score (nSPS) is 13.4. The Labute approximate surface area is 680 Å². The molecule has 9 unspecified atom stereocenters. The molecule has 2 amide bonds. The van der Waals surface area contributed by atoms with Crippen LogP contribution in [0.2, 0.25) is 0 Å². The fourth-order valence-electron chi connectivity index (χ4n) is 5.07. The highest BCUT2D eigenvalue weighted by atomic mass is 31.2. The molecule has 688 valence electrons. The summed E-state index contributed by atoms with van der Waals surface area (Å²) in [6.45, 7) is 68.3. The van der Waals surface area contributed by atoms with E-state index in [0.717, 1.165) is 50.7 Å². The average Bonchev–Trinajstić information content (AvgIpc) is 0.915. The first-order valence-electron chi connectivity index (χ1n) is 32.1. The maximum Gasteiger partial charge on any atom is 0.268 e. The van der Waals surface area contributed by atoms with Gasteiger partial charge in [-0.3, -0.25) is 37.7 Å². The van der Waals surface area contributed by atoms with Crippen molar-refractivity contribution >= 4 is 58.5 Å². The molecular formula is C63H121N3O44P6-6. The van der Waals surface area contributed by atoms with Gasteiger partial charge in [-0.25, -0.2) is 0 Å². The Morgan fingerprint density at radius 2 is 0.603 bits per heavy atom. The van der Waals surface area contributed by atoms with E-state index in [1.54, 1.807) is 7.05 Å². The maximum absolute atomic E-state index is 12.5. The lowest BCUT2D eigenvalue weighted by atomic mass is 10.2. The van der Waals surface area contributed by atoms with Gasteiger partial charge >= 0.3 is 0 Å². The third-order valence-corrected chi connectivity index (χ3v) is 14.6. The highest BCUT2D eigenvalue weighted by Gasteiger charge is 2.23. The number of hydrogen-bond donors (Lipinski definition) is 5. The topological polar surface area (TPSA) is 610 Å². The third kappa shape index (κ3) is 129. The summed E-state index contributed by atoms with van der Waals surface area (Å²) in [5.74, 6) is -1.37. The van der Waals surface area contributed by atoms with Gasteiger partial charge in [0.1, 0.15) is 51.3 Å². The van der Waals surface area contributed by atoms with Gasteiger partial charge in [-0.2, -0.15) is 0 Å². The minimum absolute atomic E-state index is 0.00327. The maximum atomic E-state index is 12.5. The van der Waals surface area contributed by atoms with E-state index in [1.807, 2.05) is 6.92 Å². The van der Waals surface area contributed by atoms with E-state index in [9.17, 15) is 76.6 Å². The number of hydrogen-bond acceptors (Lipinski definition) is 45. The number of aliphatic hydroxyl groups excluding tert-OH is 2. The molecule has 0 aromatic carbocycles. The highest BCUT2D eigenvalue weighted by molar-refractivity contribution is 7.50. The van der Waals surface area contributed by atoms with E-state index < -0.39 is 156 Å². The zero-order valence-corrected chi connectivity index (χ0v) is 71.4. The van der Waals surface area contributed by atoms with E-state index in [2.05, 4.69) is 285 Å². The molecule has 0 aliphatic heterocycles. The molecular weight excluding hydrogens is 1690 g/mol. The van der Waals surface area contributed by atoms with Gasteiger partial charge in [0.05, 0.1) is 91.6 Å². The van der Waals surface area contributed by atoms with Crippen molar-refractivity contribution in [1.29, 1.82) is 0 Å². The van der Waals surface area contributed by atoms with Gasteiger partial charge in [-0.15, -0.1) is 118 Å². The lowest BCUT2D eigenvalue weighted by molar-refractivity contribution is -0.692. The Balaban J connectivity index is -0.000000174. The van der Waals surface area contributed by atoms with Crippen LogP contribution in [0.4, 0.5) is 0 Å². The summed E-state index contributed by atoms with van der Waals surface area (Å²) in [5, 5.41) is 59.9. The number of aliphatic hydroxyl groups is 2. The zero-order chi connectivity index (χ0) is 92.7. The Hall–Kier alpha value is -6.02. The van der Waals surface area contributed by atoms with Crippen molar-refractivity contribution in [3.63, 3.8) is 0 Å². The minimum Gasteiger partial charge on any atom is -0.779 e. The molecule has 116 heavy (non-hydrogen) atoms. The van der Waals surface area contributed by atoms with Crippen molar-refractivity contribution in [1.82, 2.24) is 16.0 Å². The average molecular weight is 1810 g/mol. The molecule has 0 saturated carbocycles. The van der Waals surface area contributed by atoms with E-state index in [-0.39, 0.29) is 71.3 Å². The largest absolute Gasteiger partial charge is 0.779 e. The van der Waals surface area contributed by atoms with Crippen LogP contribution in [0, 0.1) is 0 Å². The number of ether oxygens (including phenoxy) is 2. The molecule has 0 saturated heterocycles. The molecule has 0 spiro atoms. The van der Waals surface area contributed by atoms with Crippen LogP contribution in [-0.4, -0.2) is 160 Å². The number of amides is 2. The molecule has 0 rings (SSSR count). The van der Waals surface area contributed by atoms with Gasteiger partial charge in [0.2, 0.25) is 11.8 Å². The van der Waals surface area contributed by atoms with Gasteiger partial charge < -0.3 is 143 Å². The van der Waals surface area contributed by atoms with Gasteiger partial charge in [-0.05, 0) is 52.0 Å². The Bertz CT molecular complexity index is 2300. The third-order valence-electron chi connectivity index (χ3n) is 8.79. The van der Waals surface area contributed by atoms with E-state index in [4.69, 9.17) is 23.0 Å². The predicted molar refractivity (Wildman–Crippen MR) is 411 cm³/mol. The van der Waals surface area contributed by atoms with Crippen LogP contribution < -0.4 is 45.3 Å². The molecule has 0 aromatic rings. The number of phosphoric ester groups is 5. The summed E-state index contributed by atoms with van der Waals surface area (Å²) >= 11 is 0. The molecule has 0 fully saturated rings. The molecule has 0 aromatic heterocycles. The van der Waals surface area contributed by atoms with Crippen molar-refractivity contribution in [3.05, 3.63) is 195 Å². The second-order valence-corrected chi connectivity index (χ2v) is 25.2. The van der Waals surface area contributed by atoms with Crippen molar-refractivity contribution in [3.8, 4) is 0 Å². The quantitative estimate of drug-likeness (QED) is 0.00731. The molecule has 0 bridgehead atoms. The van der Waals surface area contributed by atoms with E-state index in [1.165, 1.54) is 0 Å². The highest BCUT2D eigenvalue weighted by Crippen LogP contribution is 2.44. The summed E-state index contributed by atoms with van der Waals surface area (Å²) in [6.07, 6.45) is 2.44. The summed E-state index contributed by atoms with van der Waals surface area (Å²) in [5.41, 5.74) is 0. The van der Waals surface area contributed by atoms with Gasteiger partial charge in [0, 0.05) is 91.2 Å². The van der Waals surface area contributed by atoms with Crippen LogP contribution >= 0.6 is 46.7 Å². The summed E-state index contributed by atoms with van der Waals surface area (Å²) in [6, 6.07) is 0. The second-order valence-electron chi connectivity index (χ2n) is 16.5. The van der Waals surface area contributed by atoms with Gasteiger partial charge in [-0.1, -0.05) is 46.4 Å². The summed E-state index contributed by atoms with van der Waals surface area (Å²) in [7, 11) is -27.6. The molecule has 0 aliphatic carbocycles. The monoisotopic (exact) mass is 1810 g/mol. The Morgan fingerprint density at radius 3 is 0.853 bits per heavy atom. The van der Waals surface area contributed by atoms with Crippen LogP contribution in [0.15, 0.2) is 195 Å². The van der Waals surface area contributed by atoms with Gasteiger partial charge in [0.25, 0.3) is 39.1 Å². The lowest BCUT2D eigenvalue weighted by Gasteiger charge is -2.29. The predicted octanol–water partition coefficient (Wildman–Crippen LogP) is 8.03. The SMILES string of the molecule is C=C.C=C.C=C.C=C.C=C.C=C.C=C.C=C.C=C.C=COOOOOC=C.C=COOOOOC=C.C=COOOOOC=C.CCCOCCC(CO)OP(=O)([O-])OCCOP(=O)([O-])OCCCCC(=O)NCC(CNC(=O)CCCCOP(=O)([O-])OCCOP(=O)([O-])OC(CO)CCOCNC)OP(=O)([O-])OCCOP(C)(=O)[O-]. The standard InChI is InChI=1S/C33H73N3O29P6.3C4H6O5.9C2H4/c1-4-13-53-16-11-29(26-37)63-69(47,48)61-22-20-58-67(43,44)56-14-7-5-9-32(39)35-24-31(65-71(51,52)60-19-18-55-66(3,41)42)25-36-33(40)10-6-8-15-57-68(45,46)59-21-23-62-70(49,50)64-30(27-38)12-17-54-28-34-2;3*1-3-5-7-9-8-6-4-2;9*1-2/h29-31,34,37-38H,4-28H2,1-3H3,(H,35,39)(H,36,40)(H,41,42)(H,43,44)(H,45,46)(H,47,48)(H,49,50)(H,51,52);3*3-4H,1-2H2;9*1-2H2/p-6. The molecule has 0 radical (unpaired) electrons. The van der Waals surface area contributed by atoms with Crippen molar-refractivity contribution in [2.24, 2.45) is 0 Å². The number of nitrogens with one attached hydrogen (secondary N) is 3. The number of carbonyl (C=O) groups excluding carboxylic acids is 2. The van der Waals surface area contributed by atoms with Crippen molar-refractivity contribution < 1.29 is 210 Å². The number of phosphoric acid groups is 5. The summed E-state index contributed by atoms with van der Waals surface area (Å²) in [4.78, 5) is 121. The van der Waals surface area contributed by atoms with E-state index in [0.29, 0.717) is 6.61 Å². The lowest BCUT2D eigenvalue weighted by Crippen LogP contribution is -2.41. The number of carbonyl (C=O) groups is 2. The van der Waals surface area contributed by atoms with Crippen LogP contribution in [-0.2, 0) is 171 Å². The summed E-state index contributed by atoms with van der Waals surface area (Å²) < 4.78 is 133. The smallest absolute Gasteiger partial charge is 0.268 e. The molecule has 5 N–H and O–H groups in total. The van der Waals surface area contributed by atoms with Crippen LogP contribution in [0.5, 0.6) is 0 Å². The van der Waals surface area contributed by atoms with Crippen LogP contribution in [0.3, 0.4) is 0 Å². The number of rotatable bonds is 67. The first-order valence-corrected chi connectivity index (χ1v) is 41.4. The second kappa shape index (κ2) is 111. The number of unbranched alkanes of at least 4 members (excludes halogenated alkanes) is 2. The molecule has 0 aliphatic rings. The van der Waals surface area contributed by atoms with Crippen LogP contribution in [0.1, 0.15) is 64.7 Å². The fourth-order valence-corrected chi connectivity index (χ4v) is 9.59.